The van der Waals surface area contributed by atoms with E-state index in [1.165, 1.54) is 6.07 Å². The number of Topliss-reactive ketones (excluding diaryl/α,β-unsaturated/α-hetero) is 2. The molecule has 5 rings (SSSR count). The fourth-order valence-electron chi connectivity index (χ4n) is 6.12. The average Bonchev–Trinajstić information content (AvgIpc) is 2.85. The Morgan fingerprint density at radius 3 is 2.29 bits per heavy atom. The number of fused-ring (bicyclic) bond motifs is 3. The van der Waals surface area contributed by atoms with Crippen molar-refractivity contribution in [2.45, 2.75) is 51.0 Å². The number of primary amides is 1. The summed E-state index contributed by atoms with van der Waals surface area (Å²) >= 11 is 0. The third-order valence-electron chi connectivity index (χ3n) is 8.11. The van der Waals surface area contributed by atoms with Gasteiger partial charge in [-0.1, -0.05) is 51.1 Å². The van der Waals surface area contributed by atoms with Crippen LogP contribution in [0.15, 0.2) is 58.5 Å². The summed E-state index contributed by atoms with van der Waals surface area (Å²) in [6.45, 7) is 6.32. The van der Waals surface area contributed by atoms with Crippen LogP contribution in [0.25, 0.3) is 16.9 Å². The van der Waals surface area contributed by atoms with Crippen molar-refractivity contribution in [1.82, 2.24) is 0 Å². The van der Waals surface area contributed by atoms with Crippen LogP contribution in [0.3, 0.4) is 0 Å². The highest BCUT2D eigenvalue weighted by Crippen LogP contribution is 2.53. The van der Waals surface area contributed by atoms with Crippen LogP contribution in [0.4, 0.5) is 5.69 Å². The van der Waals surface area contributed by atoms with Crippen LogP contribution in [0.2, 0.25) is 0 Å². The molecule has 3 aliphatic carbocycles. The van der Waals surface area contributed by atoms with Crippen molar-refractivity contribution in [2.75, 3.05) is 0 Å². The lowest BCUT2D eigenvalue weighted by molar-refractivity contribution is -0.147. The quantitative estimate of drug-likeness (QED) is 0.352. The van der Waals surface area contributed by atoms with Gasteiger partial charge in [0.1, 0.15) is 22.8 Å². The summed E-state index contributed by atoms with van der Waals surface area (Å²) in [5, 5.41) is 36.5. The summed E-state index contributed by atoms with van der Waals surface area (Å²) in [5.41, 5.74) is 4.97. The molecule has 0 bridgehead atoms. The standard InChI is InChI=1S/C29H28N2O7/c1-28(2,3)15-6-4-13(5-7-15)17-8-9-19(31-38)22-18(17)11-14-10-16-12-20(32)23(27(30)36)26(35)29(16,37)25(34)21(14)24(22)33/h4-9,14,16,33,35,37H,10-12H2,1-3H3,(H2,30,36)/t14-,16+,29+/m1/s1. The van der Waals surface area contributed by atoms with E-state index in [2.05, 4.69) is 25.9 Å². The lowest BCUT2D eigenvalue weighted by atomic mass is 9.59. The first-order chi connectivity index (χ1) is 17.8. The van der Waals surface area contributed by atoms with Crippen LogP contribution in [0.1, 0.15) is 50.3 Å². The summed E-state index contributed by atoms with van der Waals surface area (Å²) in [6.07, 6.45) is -0.0583. The number of hydrogen-bond donors (Lipinski definition) is 4. The van der Waals surface area contributed by atoms with Gasteiger partial charge in [-0.3, -0.25) is 14.4 Å². The van der Waals surface area contributed by atoms with Crippen LogP contribution in [-0.2, 0) is 26.2 Å². The third-order valence-corrected chi connectivity index (χ3v) is 8.11. The van der Waals surface area contributed by atoms with Crippen LogP contribution in [-0.4, -0.2) is 38.4 Å². The number of carbonyl (C=O) groups is 3. The molecule has 38 heavy (non-hydrogen) atoms. The second kappa shape index (κ2) is 8.46. The van der Waals surface area contributed by atoms with Crippen molar-refractivity contribution in [3.05, 3.63) is 74.9 Å². The minimum absolute atomic E-state index is 0.0514. The SMILES string of the molecule is CC(C)(C)c1ccc(-c2ccc(N=O)c3c2C[C@H]2C[C@H]4CC(=O)C(C(N)=O)=C(O)[C@@]4(O)C(=O)C2=C3O)cc1. The van der Waals surface area contributed by atoms with Crippen LogP contribution in [0.5, 0.6) is 0 Å². The molecule has 9 heteroatoms. The molecule has 196 valence electrons. The second-order valence-corrected chi connectivity index (χ2v) is 11.3. The monoisotopic (exact) mass is 516 g/mol. The van der Waals surface area contributed by atoms with Crippen molar-refractivity contribution in [3.63, 3.8) is 0 Å². The van der Waals surface area contributed by atoms with E-state index in [0.717, 1.165) is 16.7 Å². The Morgan fingerprint density at radius 1 is 1.05 bits per heavy atom. The van der Waals surface area contributed by atoms with E-state index < -0.39 is 52.0 Å². The summed E-state index contributed by atoms with van der Waals surface area (Å²) < 4.78 is 0. The molecule has 1 amide bonds. The smallest absolute Gasteiger partial charge is 0.255 e. The summed E-state index contributed by atoms with van der Waals surface area (Å²) in [7, 11) is 0. The number of nitrogens with zero attached hydrogens (tertiary/aromatic N) is 1. The highest BCUT2D eigenvalue weighted by Gasteiger charge is 2.60. The molecule has 3 atom stereocenters. The van der Waals surface area contributed by atoms with Gasteiger partial charge in [0, 0.05) is 23.5 Å². The lowest BCUT2D eigenvalue weighted by Crippen LogP contribution is -2.58. The molecule has 2 aromatic rings. The van der Waals surface area contributed by atoms with E-state index in [9.17, 15) is 34.6 Å². The highest BCUT2D eigenvalue weighted by molar-refractivity contribution is 6.22. The molecule has 1 fully saturated rings. The predicted molar refractivity (Wildman–Crippen MR) is 139 cm³/mol. The molecule has 0 aromatic heterocycles. The minimum atomic E-state index is -2.59. The number of aliphatic hydroxyl groups is 3. The summed E-state index contributed by atoms with van der Waals surface area (Å²) in [4.78, 5) is 49.7. The maximum absolute atomic E-state index is 13.7. The van der Waals surface area contributed by atoms with Gasteiger partial charge in [-0.05, 0) is 57.7 Å². The summed E-state index contributed by atoms with van der Waals surface area (Å²) in [6, 6.07) is 11.2. The average molecular weight is 517 g/mol. The van der Waals surface area contributed by atoms with Gasteiger partial charge in [0.25, 0.3) is 5.91 Å². The first-order valence-corrected chi connectivity index (χ1v) is 12.4. The Kier molecular flexibility index (Phi) is 5.68. The Bertz CT molecular complexity index is 1490. The minimum Gasteiger partial charge on any atom is -0.508 e. The zero-order valence-corrected chi connectivity index (χ0v) is 21.2. The number of rotatable bonds is 3. The maximum atomic E-state index is 13.7. The predicted octanol–water partition coefficient (Wildman–Crippen LogP) is 4.08. The number of ketones is 2. The van der Waals surface area contributed by atoms with E-state index in [1.54, 1.807) is 6.07 Å². The first kappa shape index (κ1) is 25.5. The third kappa shape index (κ3) is 3.53. The van der Waals surface area contributed by atoms with Crippen LogP contribution < -0.4 is 5.73 Å². The van der Waals surface area contributed by atoms with E-state index in [-0.39, 0.29) is 41.5 Å². The Labute approximate surface area is 218 Å². The number of nitrogens with two attached hydrogens (primary N) is 1. The fourth-order valence-corrected chi connectivity index (χ4v) is 6.12. The lowest BCUT2D eigenvalue weighted by Gasteiger charge is -2.46. The molecule has 5 N–H and O–H groups in total. The van der Waals surface area contributed by atoms with E-state index in [4.69, 9.17) is 5.73 Å². The van der Waals surface area contributed by atoms with E-state index in [1.807, 2.05) is 24.3 Å². The Hall–Kier alpha value is -4.11. The normalized spacial score (nSPS) is 25.1. The van der Waals surface area contributed by atoms with Gasteiger partial charge in [-0.2, -0.15) is 0 Å². The molecule has 0 saturated heterocycles. The van der Waals surface area contributed by atoms with Gasteiger partial charge < -0.3 is 21.1 Å². The van der Waals surface area contributed by atoms with Crippen molar-refractivity contribution >= 4 is 28.9 Å². The van der Waals surface area contributed by atoms with Crippen molar-refractivity contribution < 1.29 is 29.7 Å². The number of aliphatic hydroxyl groups excluding tert-OH is 2. The van der Waals surface area contributed by atoms with Crippen molar-refractivity contribution in [2.24, 2.45) is 22.7 Å². The van der Waals surface area contributed by atoms with Gasteiger partial charge in [-0.25, -0.2) is 0 Å². The Morgan fingerprint density at radius 2 is 1.71 bits per heavy atom. The number of amides is 1. The van der Waals surface area contributed by atoms with Gasteiger partial charge in [0.15, 0.2) is 11.4 Å². The molecule has 3 aliphatic rings. The number of hydrogen-bond acceptors (Lipinski definition) is 8. The molecular weight excluding hydrogens is 488 g/mol. The highest BCUT2D eigenvalue weighted by atomic mass is 16.3. The van der Waals surface area contributed by atoms with Gasteiger partial charge in [-0.15, -0.1) is 4.91 Å². The van der Waals surface area contributed by atoms with Gasteiger partial charge in [0.2, 0.25) is 5.78 Å². The maximum Gasteiger partial charge on any atom is 0.255 e. The molecule has 9 nitrogen and oxygen atoms in total. The zero-order chi connectivity index (χ0) is 27.7. The molecule has 0 radical (unpaired) electrons. The van der Waals surface area contributed by atoms with Gasteiger partial charge >= 0.3 is 0 Å². The van der Waals surface area contributed by atoms with Gasteiger partial charge in [0.05, 0.1) is 0 Å². The van der Waals surface area contributed by atoms with Crippen molar-refractivity contribution in [1.29, 1.82) is 0 Å². The molecular formula is C29H28N2O7. The molecule has 0 spiro atoms. The number of nitroso groups, excluding NO2 is 1. The zero-order valence-electron chi connectivity index (χ0n) is 21.2. The molecule has 0 heterocycles. The molecule has 2 aromatic carbocycles. The summed E-state index contributed by atoms with van der Waals surface area (Å²) in [5.74, 6) is -6.26. The van der Waals surface area contributed by atoms with Crippen LogP contribution >= 0.6 is 0 Å². The number of benzene rings is 2. The molecule has 0 unspecified atom stereocenters. The van der Waals surface area contributed by atoms with Crippen molar-refractivity contribution in [3.8, 4) is 11.1 Å². The number of carbonyl (C=O) groups excluding carboxylic acids is 3. The topological polar surface area (TPSA) is 167 Å². The first-order valence-electron chi connectivity index (χ1n) is 12.4. The van der Waals surface area contributed by atoms with E-state index >= 15 is 0 Å². The second-order valence-electron chi connectivity index (χ2n) is 11.3. The molecule has 1 saturated carbocycles. The Balaban J connectivity index is 1.69. The largest absolute Gasteiger partial charge is 0.508 e. The van der Waals surface area contributed by atoms with Crippen LogP contribution in [0, 0.1) is 16.7 Å². The molecule has 0 aliphatic heterocycles. The van der Waals surface area contributed by atoms with E-state index in [0.29, 0.717) is 5.56 Å². The fraction of sp³-hybridized carbons (Fsp3) is 0.345.